The third-order valence-electron chi connectivity index (χ3n) is 4.78. The minimum absolute atomic E-state index is 0.0493. The Kier molecular flexibility index (Phi) is 5.35. The van der Waals surface area contributed by atoms with Crippen LogP contribution in [-0.4, -0.2) is 77.1 Å². The maximum atomic E-state index is 12.7. The van der Waals surface area contributed by atoms with Gasteiger partial charge in [-0.1, -0.05) is 35.6 Å². The number of rotatable bonds is 3. The van der Waals surface area contributed by atoms with E-state index >= 15 is 0 Å². The van der Waals surface area contributed by atoms with Gasteiger partial charge < -0.3 is 10.2 Å². The van der Waals surface area contributed by atoms with Gasteiger partial charge in [0.25, 0.3) is 0 Å². The first-order chi connectivity index (χ1) is 12.6. The van der Waals surface area contributed by atoms with E-state index < -0.39 is 0 Å². The number of amides is 1. The highest BCUT2D eigenvalue weighted by atomic mass is 35.5. The van der Waals surface area contributed by atoms with Gasteiger partial charge in [-0.25, -0.2) is 4.90 Å². The van der Waals surface area contributed by atoms with Crippen LogP contribution in [-0.2, 0) is 4.79 Å². The maximum Gasteiger partial charge on any atom is 0.249 e. The van der Waals surface area contributed by atoms with Gasteiger partial charge in [-0.05, 0) is 24.3 Å². The first-order valence-corrected chi connectivity index (χ1v) is 10.3. The number of hydrogen-bond acceptors (Lipinski definition) is 7. The van der Waals surface area contributed by atoms with E-state index in [0.29, 0.717) is 16.8 Å². The molecule has 6 nitrogen and oxygen atoms in total. The first kappa shape index (κ1) is 18.0. The molecule has 1 unspecified atom stereocenters. The van der Waals surface area contributed by atoms with E-state index in [9.17, 15) is 4.79 Å². The van der Waals surface area contributed by atoms with Crippen LogP contribution in [0, 0.1) is 0 Å². The normalized spacial score (nSPS) is 24.2. The van der Waals surface area contributed by atoms with Crippen LogP contribution in [0.4, 0.5) is 5.69 Å². The molecule has 1 N–H and O–H groups in total. The first-order valence-electron chi connectivity index (χ1n) is 8.67. The summed E-state index contributed by atoms with van der Waals surface area (Å²) in [4.78, 5) is 23.3. The molecular formula is C17H20ClN5OS2. The minimum Gasteiger partial charge on any atom is -0.369 e. The minimum atomic E-state index is -0.144. The van der Waals surface area contributed by atoms with Crippen molar-refractivity contribution in [3.8, 4) is 0 Å². The number of nitrogens with one attached hydrogen (secondary N) is 1. The Morgan fingerprint density at radius 2 is 1.96 bits per heavy atom. The molecule has 0 aromatic heterocycles. The fraction of sp³-hybridized carbons (Fsp3) is 0.471. The third kappa shape index (κ3) is 3.69. The van der Waals surface area contributed by atoms with Gasteiger partial charge in [-0.2, -0.15) is 0 Å². The van der Waals surface area contributed by atoms with E-state index in [1.807, 2.05) is 12.1 Å². The van der Waals surface area contributed by atoms with E-state index in [1.165, 1.54) is 17.4 Å². The van der Waals surface area contributed by atoms with Crippen LogP contribution < -0.4 is 10.2 Å². The van der Waals surface area contributed by atoms with Crippen molar-refractivity contribution >= 4 is 57.5 Å². The summed E-state index contributed by atoms with van der Waals surface area (Å²) in [6.45, 7) is 5.93. The smallest absolute Gasteiger partial charge is 0.249 e. The van der Waals surface area contributed by atoms with E-state index in [-0.39, 0.29) is 11.2 Å². The van der Waals surface area contributed by atoms with Crippen molar-refractivity contribution in [3.63, 3.8) is 0 Å². The van der Waals surface area contributed by atoms with Crippen molar-refractivity contribution in [2.24, 2.45) is 4.99 Å². The van der Waals surface area contributed by atoms with Crippen molar-refractivity contribution in [2.75, 3.05) is 50.7 Å². The molecule has 2 saturated heterocycles. The number of carbonyl (C=O) groups excluding carboxylic acids is 1. The summed E-state index contributed by atoms with van der Waals surface area (Å²) in [5.41, 5.74) is 1.19. The van der Waals surface area contributed by atoms with Crippen molar-refractivity contribution in [1.29, 1.82) is 0 Å². The Bertz CT molecular complexity index is 733. The molecule has 4 rings (SSSR count). The third-order valence-corrected chi connectivity index (χ3v) is 6.52. The molecule has 26 heavy (non-hydrogen) atoms. The van der Waals surface area contributed by atoms with E-state index in [0.717, 1.165) is 44.3 Å². The van der Waals surface area contributed by atoms with Gasteiger partial charge >= 0.3 is 0 Å². The zero-order valence-corrected chi connectivity index (χ0v) is 16.6. The molecular weight excluding hydrogens is 390 g/mol. The molecule has 9 heteroatoms. The largest absolute Gasteiger partial charge is 0.369 e. The summed E-state index contributed by atoms with van der Waals surface area (Å²) < 4.78 is 0.605. The number of thiocarbonyl (C=S) groups is 1. The van der Waals surface area contributed by atoms with E-state index in [1.54, 1.807) is 4.90 Å². The van der Waals surface area contributed by atoms with Crippen LogP contribution in [0.15, 0.2) is 29.3 Å². The predicted octanol–water partition coefficient (Wildman–Crippen LogP) is 1.65. The topological polar surface area (TPSA) is 51.2 Å². The number of anilines is 1. The molecule has 0 spiro atoms. The van der Waals surface area contributed by atoms with E-state index in [4.69, 9.17) is 23.8 Å². The molecule has 1 aromatic carbocycles. The fourth-order valence-electron chi connectivity index (χ4n) is 3.38. The molecule has 0 radical (unpaired) electrons. The molecule has 0 saturated carbocycles. The Labute approximate surface area is 167 Å². The summed E-state index contributed by atoms with van der Waals surface area (Å²) in [5, 5.41) is 3.75. The summed E-state index contributed by atoms with van der Waals surface area (Å²) >= 11 is 12.8. The lowest BCUT2D eigenvalue weighted by Gasteiger charge is -2.36. The van der Waals surface area contributed by atoms with Gasteiger partial charge in [0.15, 0.2) is 4.32 Å². The second kappa shape index (κ2) is 7.72. The predicted molar refractivity (Wildman–Crippen MR) is 111 cm³/mol. The summed E-state index contributed by atoms with van der Waals surface area (Å²) in [6.07, 6.45) is 0. The lowest BCUT2D eigenvalue weighted by molar-refractivity contribution is -0.123. The SMILES string of the molecule is O=C1C(CN2CCN(c3ccc(Cl)cc3)CC2)SC(=S)N1C1=NCCN1. The average Bonchev–Trinajstić information content (AvgIpc) is 3.25. The monoisotopic (exact) mass is 409 g/mol. The van der Waals surface area contributed by atoms with Crippen LogP contribution in [0.25, 0.3) is 0 Å². The Morgan fingerprint density at radius 1 is 1.23 bits per heavy atom. The highest BCUT2D eigenvalue weighted by Gasteiger charge is 2.41. The molecule has 0 bridgehead atoms. The van der Waals surface area contributed by atoms with Crippen LogP contribution in [0.2, 0.25) is 5.02 Å². The summed E-state index contributed by atoms with van der Waals surface area (Å²) in [6, 6.07) is 7.96. The number of benzene rings is 1. The van der Waals surface area contributed by atoms with Crippen molar-refractivity contribution < 1.29 is 4.79 Å². The van der Waals surface area contributed by atoms with Crippen LogP contribution in [0.5, 0.6) is 0 Å². The Hall–Kier alpha value is -1.35. The summed E-state index contributed by atoms with van der Waals surface area (Å²) in [5.74, 6) is 0.663. The molecule has 3 aliphatic heterocycles. The lowest BCUT2D eigenvalue weighted by Crippen LogP contribution is -2.50. The number of aliphatic imine (C=N–C) groups is 1. The van der Waals surface area contributed by atoms with Gasteiger partial charge in [0.1, 0.15) is 5.25 Å². The van der Waals surface area contributed by atoms with Gasteiger partial charge in [-0.3, -0.25) is 14.7 Å². The van der Waals surface area contributed by atoms with Crippen molar-refractivity contribution in [3.05, 3.63) is 29.3 Å². The molecule has 0 aliphatic carbocycles. The molecule has 3 aliphatic rings. The number of carbonyl (C=O) groups is 1. The number of thioether (sulfide) groups is 1. The molecule has 2 fully saturated rings. The average molecular weight is 410 g/mol. The van der Waals surface area contributed by atoms with Gasteiger partial charge in [0.2, 0.25) is 11.9 Å². The zero-order valence-electron chi connectivity index (χ0n) is 14.2. The molecule has 1 amide bonds. The lowest BCUT2D eigenvalue weighted by atomic mass is 10.2. The Morgan fingerprint density at radius 3 is 2.62 bits per heavy atom. The van der Waals surface area contributed by atoms with Gasteiger partial charge in [-0.15, -0.1) is 0 Å². The number of nitrogens with zero attached hydrogens (tertiary/aromatic N) is 4. The Balaban J connectivity index is 1.32. The van der Waals surface area contributed by atoms with Gasteiger partial charge in [0, 0.05) is 50.0 Å². The zero-order chi connectivity index (χ0) is 18.1. The van der Waals surface area contributed by atoms with Crippen LogP contribution >= 0.6 is 35.6 Å². The van der Waals surface area contributed by atoms with Crippen molar-refractivity contribution in [2.45, 2.75) is 5.25 Å². The molecule has 3 heterocycles. The molecule has 138 valence electrons. The second-order valence-electron chi connectivity index (χ2n) is 6.44. The molecule has 1 atom stereocenters. The fourth-order valence-corrected chi connectivity index (χ4v) is 5.04. The number of guanidine groups is 1. The second-order valence-corrected chi connectivity index (χ2v) is 8.72. The number of hydrogen-bond donors (Lipinski definition) is 1. The van der Waals surface area contributed by atoms with Crippen molar-refractivity contribution in [1.82, 2.24) is 15.1 Å². The number of halogens is 1. The van der Waals surface area contributed by atoms with E-state index in [2.05, 4.69) is 32.2 Å². The summed E-state index contributed by atoms with van der Waals surface area (Å²) in [7, 11) is 0. The number of piperazine rings is 1. The standard InChI is InChI=1S/C17H20ClN5OS2/c18-12-1-3-13(4-2-12)22-9-7-21(8-10-22)11-14-15(24)23(17(25)26-14)16-19-5-6-20-16/h1-4,14H,5-11H2,(H,19,20). The molecule has 1 aromatic rings. The maximum absolute atomic E-state index is 12.7. The quantitative estimate of drug-likeness (QED) is 0.766. The van der Waals surface area contributed by atoms with Crippen LogP contribution in [0.3, 0.4) is 0 Å². The van der Waals surface area contributed by atoms with Gasteiger partial charge in [0.05, 0.1) is 6.54 Å². The highest BCUT2D eigenvalue weighted by molar-refractivity contribution is 8.24. The van der Waals surface area contributed by atoms with Crippen LogP contribution in [0.1, 0.15) is 0 Å². The highest BCUT2D eigenvalue weighted by Crippen LogP contribution is 2.29.